The molecule has 0 radical (unpaired) electrons. The van der Waals surface area contributed by atoms with Gasteiger partial charge in [0.25, 0.3) is 0 Å². The summed E-state index contributed by atoms with van der Waals surface area (Å²) in [6, 6.07) is 7.74. The van der Waals surface area contributed by atoms with Crippen molar-refractivity contribution in [3.05, 3.63) is 57.9 Å². The summed E-state index contributed by atoms with van der Waals surface area (Å²) in [5, 5.41) is 4.24. The lowest BCUT2D eigenvalue weighted by Gasteiger charge is -2.28. The minimum atomic E-state index is 0.216. The average molecular weight is 433 g/mol. The molecule has 152 valence electrons. The number of halogens is 2. The van der Waals surface area contributed by atoms with E-state index in [9.17, 15) is 0 Å². The zero-order chi connectivity index (χ0) is 20.4. The molecular formula is C21H22Cl2N4O2. The minimum Gasteiger partial charge on any atom is -0.482 e. The smallest absolute Gasteiger partial charge is 0.191 e. The molecule has 2 aromatic heterocycles. The molecule has 1 fully saturated rings. The van der Waals surface area contributed by atoms with Crippen LogP contribution in [-0.4, -0.2) is 36.1 Å². The van der Waals surface area contributed by atoms with Gasteiger partial charge in [-0.15, -0.1) is 0 Å². The van der Waals surface area contributed by atoms with Crippen molar-refractivity contribution in [3.8, 4) is 16.9 Å². The molecule has 8 heteroatoms. The monoisotopic (exact) mass is 432 g/mol. The lowest BCUT2D eigenvalue weighted by atomic mass is 10.1. The highest BCUT2D eigenvalue weighted by molar-refractivity contribution is 6.37. The summed E-state index contributed by atoms with van der Waals surface area (Å²) in [7, 11) is 0. The predicted octanol–water partition coefficient (Wildman–Crippen LogP) is 4.65. The molecule has 6 nitrogen and oxygen atoms in total. The summed E-state index contributed by atoms with van der Waals surface area (Å²) >= 11 is 13.0. The number of rotatable bonds is 5. The van der Waals surface area contributed by atoms with E-state index < -0.39 is 0 Å². The molecule has 0 spiro atoms. The second-order valence-corrected chi connectivity index (χ2v) is 7.75. The maximum absolute atomic E-state index is 6.49. The van der Waals surface area contributed by atoms with E-state index in [2.05, 4.69) is 26.3 Å². The molecule has 3 heterocycles. The van der Waals surface area contributed by atoms with Crippen LogP contribution in [0.2, 0.25) is 10.0 Å². The molecule has 0 bridgehead atoms. The van der Waals surface area contributed by atoms with E-state index in [1.165, 1.54) is 0 Å². The fraction of sp³-hybridized carbons (Fsp3) is 0.333. The Morgan fingerprint density at radius 1 is 1.10 bits per heavy atom. The van der Waals surface area contributed by atoms with Crippen molar-refractivity contribution in [3.63, 3.8) is 0 Å². The largest absolute Gasteiger partial charge is 0.482 e. The van der Waals surface area contributed by atoms with Crippen molar-refractivity contribution in [2.24, 2.45) is 0 Å². The number of hydrogen-bond acceptors (Lipinski definition) is 6. The number of nitrogens with one attached hydrogen (secondary N) is 1. The zero-order valence-corrected chi connectivity index (χ0v) is 17.8. The van der Waals surface area contributed by atoms with Gasteiger partial charge in [-0.05, 0) is 42.3 Å². The number of anilines is 1. The van der Waals surface area contributed by atoms with Crippen LogP contribution in [-0.2, 0) is 6.61 Å². The third kappa shape index (κ3) is 4.50. The van der Waals surface area contributed by atoms with Crippen molar-refractivity contribution in [1.29, 1.82) is 0 Å². The lowest BCUT2D eigenvalue weighted by Crippen LogP contribution is -2.43. The Labute approximate surface area is 179 Å². The first-order chi connectivity index (χ1) is 14.0. The molecule has 0 saturated carbocycles. The summed E-state index contributed by atoms with van der Waals surface area (Å²) < 4.78 is 11.4. The van der Waals surface area contributed by atoms with Gasteiger partial charge in [-0.1, -0.05) is 23.2 Å². The minimum absolute atomic E-state index is 0.216. The summed E-state index contributed by atoms with van der Waals surface area (Å²) in [6.07, 6.45) is 1.81. The van der Waals surface area contributed by atoms with Crippen LogP contribution in [0.1, 0.15) is 17.3 Å². The van der Waals surface area contributed by atoms with Crippen LogP contribution >= 0.6 is 23.2 Å². The van der Waals surface area contributed by atoms with Crippen molar-refractivity contribution in [2.75, 3.05) is 31.1 Å². The molecule has 1 aliphatic heterocycles. The molecule has 0 aliphatic carbocycles. The van der Waals surface area contributed by atoms with Crippen LogP contribution in [0.25, 0.3) is 11.1 Å². The fourth-order valence-corrected chi connectivity index (χ4v) is 3.97. The van der Waals surface area contributed by atoms with Gasteiger partial charge in [0.05, 0.1) is 15.7 Å². The Kier molecular flexibility index (Phi) is 5.94. The van der Waals surface area contributed by atoms with Gasteiger partial charge < -0.3 is 19.4 Å². The number of aromatic nitrogens is 2. The number of hydrogen-bond donors (Lipinski definition) is 1. The quantitative estimate of drug-likeness (QED) is 0.632. The normalized spacial score (nSPS) is 14.3. The van der Waals surface area contributed by atoms with E-state index in [0.717, 1.165) is 48.8 Å². The molecular weight excluding hydrogens is 411 g/mol. The number of nitrogens with zero attached hydrogens (tertiary/aromatic N) is 3. The number of ether oxygens (including phenoxy) is 1. The Bertz CT molecular complexity index is 993. The van der Waals surface area contributed by atoms with Gasteiger partial charge in [0.2, 0.25) is 0 Å². The Morgan fingerprint density at radius 3 is 2.48 bits per heavy atom. The third-order valence-electron chi connectivity index (χ3n) is 4.87. The summed E-state index contributed by atoms with van der Waals surface area (Å²) in [5.74, 6) is 2.65. The summed E-state index contributed by atoms with van der Waals surface area (Å²) in [5.41, 5.74) is 2.71. The second-order valence-electron chi connectivity index (χ2n) is 6.94. The van der Waals surface area contributed by atoms with Gasteiger partial charge in [0.1, 0.15) is 12.4 Å². The van der Waals surface area contributed by atoms with Gasteiger partial charge in [-0.2, -0.15) is 0 Å². The SMILES string of the molecule is Cc1nc(C)c(COc2c(Cl)cc(-c3ccnc(N4CCNCC4)c3)cc2Cl)o1. The number of piperazine rings is 1. The van der Waals surface area contributed by atoms with E-state index in [0.29, 0.717) is 27.4 Å². The summed E-state index contributed by atoms with van der Waals surface area (Å²) in [6.45, 7) is 7.68. The zero-order valence-electron chi connectivity index (χ0n) is 16.3. The van der Waals surface area contributed by atoms with Crippen molar-refractivity contribution in [1.82, 2.24) is 15.3 Å². The average Bonchev–Trinajstić information content (AvgIpc) is 3.05. The van der Waals surface area contributed by atoms with E-state index in [1.54, 1.807) is 6.92 Å². The molecule has 4 rings (SSSR count). The van der Waals surface area contributed by atoms with Crippen molar-refractivity contribution in [2.45, 2.75) is 20.5 Å². The molecule has 1 aliphatic rings. The van der Waals surface area contributed by atoms with Crippen LogP contribution in [0.5, 0.6) is 5.75 Å². The highest BCUT2D eigenvalue weighted by Gasteiger charge is 2.16. The van der Waals surface area contributed by atoms with Gasteiger partial charge in [-0.25, -0.2) is 9.97 Å². The number of oxazole rings is 1. The van der Waals surface area contributed by atoms with E-state index in [-0.39, 0.29) is 6.61 Å². The maximum Gasteiger partial charge on any atom is 0.191 e. The molecule has 1 aromatic carbocycles. The number of pyridine rings is 1. The molecule has 1 N–H and O–H groups in total. The maximum atomic E-state index is 6.49. The van der Waals surface area contributed by atoms with Gasteiger partial charge >= 0.3 is 0 Å². The fourth-order valence-electron chi connectivity index (χ4n) is 3.37. The first-order valence-electron chi connectivity index (χ1n) is 9.48. The summed E-state index contributed by atoms with van der Waals surface area (Å²) in [4.78, 5) is 11.0. The van der Waals surface area contributed by atoms with Crippen molar-refractivity contribution >= 4 is 29.0 Å². The van der Waals surface area contributed by atoms with Crippen LogP contribution < -0.4 is 15.0 Å². The molecule has 1 saturated heterocycles. The van der Waals surface area contributed by atoms with E-state index in [4.69, 9.17) is 32.4 Å². The van der Waals surface area contributed by atoms with Gasteiger partial charge in [-0.3, -0.25) is 0 Å². The van der Waals surface area contributed by atoms with E-state index >= 15 is 0 Å². The first-order valence-corrected chi connectivity index (χ1v) is 10.2. The molecule has 0 unspecified atom stereocenters. The number of aryl methyl sites for hydroxylation is 2. The van der Waals surface area contributed by atoms with E-state index in [1.807, 2.05) is 31.3 Å². The predicted molar refractivity (Wildman–Crippen MR) is 115 cm³/mol. The lowest BCUT2D eigenvalue weighted by molar-refractivity contribution is 0.266. The molecule has 0 amide bonds. The van der Waals surface area contributed by atoms with Gasteiger partial charge in [0.15, 0.2) is 17.4 Å². The van der Waals surface area contributed by atoms with Crippen LogP contribution in [0, 0.1) is 13.8 Å². The third-order valence-corrected chi connectivity index (χ3v) is 5.43. The Hall–Kier alpha value is -2.28. The highest BCUT2D eigenvalue weighted by Crippen LogP contribution is 2.38. The topological polar surface area (TPSA) is 63.4 Å². The molecule has 0 atom stereocenters. The molecule has 29 heavy (non-hydrogen) atoms. The van der Waals surface area contributed by atoms with Gasteiger partial charge in [0, 0.05) is 39.3 Å². The highest BCUT2D eigenvalue weighted by atomic mass is 35.5. The Morgan fingerprint density at radius 2 is 1.83 bits per heavy atom. The van der Waals surface area contributed by atoms with Crippen LogP contribution in [0.3, 0.4) is 0 Å². The van der Waals surface area contributed by atoms with Crippen molar-refractivity contribution < 1.29 is 9.15 Å². The van der Waals surface area contributed by atoms with Crippen LogP contribution in [0.15, 0.2) is 34.9 Å². The second kappa shape index (κ2) is 8.61. The number of benzene rings is 1. The Balaban J connectivity index is 1.56. The standard InChI is InChI=1S/C21H22Cl2N4O2/c1-13-19(29-14(2)26-13)12-28-21-17(22)9-16(10-18(21)23)15-3-4-25-20(11-15)27-7-5-24-6-8-27/h3-4,9-11,24H,5-8,12H2,1-2H3. The molecule has 3 aromatic rings. The van der Waals surface area contributed by atoms with Crippen LogP contribution in [0.4, 0.5) is 5.82 Å². The first kappa shape index (κ1) is 20.0.